The Morgan fingerprint density at radius 1 is 1.18 bits per heavy atom. The minimum absolute atomic E-state index is 0.0544. The number of amides is 1. The molecule has 0 saturated carbocycles. The second kappa shape index (κ2) is 5.19. The number of likely N-dealkylation sites (tertiary alicyclic amines) is 1. The molecule has 4 heterocycles. The van der Waals surface area contributed by atoms with Crippen LogP contribution in [0.15, 0.2) is 35.0 Å². The Labute approximate surface area is 127 Å². The second-order valence-corrected chi connectivity index (χ2v) is 6.11. The van der Waals surface area contributed by atoms with Crippen molar-refractivity contribution in [3.05, 3.63) is 46.3 Å². The highest BCUT2D eigenvalue weighted by Gasteiger charge is 2.37. The number of carbonyl (C=O) groups is 1. The lowest BCUT2D eigenvalue weighted by Crippen LogP contribution is -2.49. The van der Waals surface area contributed by atoms with Gasteiger partial charge in [-0.1, -0.05) is 6.07 Å². The molecule has 0 aliphatic carbocycles. The van der Waals surface area contributed by atoms with Gasteiger partial charge in [-0.2, -0.15) is 0 Å². The van der Waals surface area contributed by atoms with E-state index in [1.807, 2.05) is 15.5 Å². The van der Waals surface area contributed by atoms with Crippen molar-refractivity contribution in [2.75, 3.05) is 26.3 Å². The standard InChI is InChI=1S/C16H18N2O4/c19-15-3-1-2-13-12-6-11(8-18(13)15)7-17(9-12)16(20)14-10-21-4-5-22-14/h1-3,10-12H,4-9H2/t11-,12-/m1/s1. The van der Waals surface area contributed by atoms with Gasteiger partial charge in [-0.3, -0.25) is 9.59 Å². The molecule has 116 valence electrons. The Morgan fingerprint density at radius 2 is 2.09 bits per heavy atom. The fourth-order valence-corrected chi connectivity index (χ4v) is 3.70. The van der Waals surface area contributed by atoms with Crippen LogP contribution in [-0.4, -0.2) is 41.7 Å². The summed E-state index contributed by atoms with van der Waals surface area (Å²) >= 11 is 0. The van der Waals surface area contributed by atoms with Crippen LogP contribution in [0, 0.1) is 5.92 Å². The van der Waals surface area contributed by atoms with E-state index in [1.165, 1.54) is 6.26 Å². The molecule has 0 spiro atoms. The number of aromatic nitrogens is 1. The smallest absolute Gasteiger partial charge is 0.292 e. The van der Waals surface area contributed by atoms with Gasteiger partial charge in [-0.25, -0.2) is 0 Å². The van der Waals surface area contributed by atoms with Crippen LogP contribution in [0.4, 0.5) is 0 Å². The van der Waals surface area contributed by atoms with Gasteiger partial charge in [0.15, 0.2) is 0 Å². The summed E-state index contributed by atoms with van der Waals surface area (Å²) in [5.74, 6) is 0.716. The molecular formula is C16H18N2O4. The molecule has 0 radical (unpaired) electrons. The van der Waals surface area contributed by atoms with Gasteiger partial charge in [0.05, 0.1) is 0 Å². The van der Waals surface area contributed by atoms with Crippen molar-refractivity contribution in [2.24, 2.45) is 5.92 Å². The number of fused-ring (bicyclic) bond motifs is 4. The Hall–Kier alpha value is -2.24. The summed E-state index contributed by atoms with van der Waals surface area (Å²) in [5.41, 5.74) is 1.09. The third kappa shape index (κ3) is 2.19. The molecule has 1 aromatic heterocycles. The molecule has 6 heteroatoms. The first kappa shape index (κ1) is 13.4. The third-order valence-corrected chi connectivity index (χ3v) is 4.63. The minimum atomic E-state index is -0.110. The number of pyridine rings is 1. The van der Waals surface area contributed by atoms with Crippen LogP contribution in [0.25, 0.3) is 0 Å². The number of hydrogen-bond donors (Lipinski definition) is 0. The van der Waals surface area contributed by atoms with E-state index in [0.717, 1.165) is 12.1 Å². The van der Waals surface area contributed by atoms with E-state index in [9.17, 15) is 9.59 Å². The van der Waals surface area contributed by atoms with Crippen LogP contribution in [0.1, 0.15) is 18.0 Å². The third-order valence-electron chi connectivity index (χ3n) is 4.63. The molecule has 0 aromatic carbocycles. The van der Waals surface area contributed by atoms with Crippen LogP contribution < -0.4 is 5.56 Å². The monoisotopic (exact) mass is 302 g/mol. The van der Waals surface area contributed by atoms with E-state index in [1.54, 1.807) is 12.1 Å². The van der Waals surface area contributed by atoms with Gasteiger partial charge in [0.25, 0.3) is 11.5 Å². The first-order valence-corrected chi connectivity index (χ1v) is 7.66. The topological polar surface area (TPSA) is 60.8 Å². The SMILES string of the molecule is O=C(C1=COCCO1)N1C[C@H]2C[C@H](C1)c1cccc(=O)n1C2. The molecule has 0 N–H and O–H groups in total. The molecule has 6 nitrogen and oxygen atoms in total. The van der Waals surface area contributed by atoms with Gasteiger partial charge in [-0.15, -0.1) is 0 Å². The fourth-order valence-electron chi connectivity index (χ4n) is 3.70. The highest BCUT2D eigenvalue weighted by atomic mass is 16.6. The number of nitrogens with zero attached hydrogens (tertiary/aromatic N) is 2. The first-order chi connectivity index (χ1) is 10.7. The van der Waals surface area contributed by atoms with Crippen molar-refractivity contribution in [3.8, 4) is 0 Å². The van der Waals surface area contributed by atoms with E-state index in [0.29, 0.717) is 38.8 Å². The van der Waals surface area contributed by atoms with Crippen molar-refractivity contribution in [1.29, 1.82) is 0 Å². The summed E-state index contributed by atoms with van der Waals surface area (Å²) in [4.78, 5) is 26.4. The Bertz CT molecular complexity index is 694. The zero-order valence-corrected chi connectivity index (χ0v) is 12.2. The average Bonchev–Trinajstić information content (AvgIpc) is 2.56. The molecule has 1 saturated heterocycles. The maximum absolute atomic E-state index is 12.5. The number of piperidine rings is 1. The van der Waals surface area contributed by atoms with Gasteiger partial charge in [0.1, 0.15) is 19.5 Å². The minimum Gasteiger partial charge on any atom is -0.494 e. The summed E-state index contributed by atoms with van der Waals surface area (Å²) in [5, 5.41) is 0. The van der Waals surface area contributed by atoms with Crippen LogP contribution in [0.3, 0.4) is 0 Å². The van der Waals surface area contributed by atoms with Crippen LogP contribution in [0.5, 0.6) is 0 Å². The van der Waals surface area contributed by atoms with Crippen molar-refractivity contribution in [1.82, 2.24) is 9.47 Å². The molecule has 2 bridgehead atoms. The molecule has 2 atom stereocenters. The van der Waals surface area contributed by atoms with Crippen LogP contribution >= 0.6 is 0 Å². The summed E-state index contributed by atoms with van der Waals surface area (Å²) < 4.78 is 12.4. The summed E-state index contributed by atoms with van der Waals surface area (Å²) in [6.45, 7) is 2.87. The lowest BCUT2D eigenvalue weighted by molar-refractivity contribution is -0.135. The molecule has 1 aromatic rings. The molecule has 3 aliphatic rings. The highest BCUT2D eigenvalue weighted by Crippen LogP contribution is 2.35. The summed E-state index contributed by atoms with van der Waals surface area (Å²) in [6, 6.07) is 5.40. The van der Waals surface area contributed by atoms with Crippen molar-refractivity contribution in [3.63, 3.8) is 0 Å². The van der Waals surface area contributed by atoms with Crippen LogP contribution in [-0.2, 0) is 20.8 Å². The lowest BCUT2D eigenvalue weighted by Gasteiger charge is -2.42. The number of hydrogen-bond acceptors (Lipinski definition) is 4. The van der Waals surface area contributed by atoms with E-state index < -0.39 is 0 Å². The van der Waals surface area contributed by atoms with Gasteiger partial charge in [-0.05, 0) is 18.4 Å². The Balaban J connectivity index is 1.60. The predicted molar refractivity (Wildman–Crippen MR) is 78.1 cm³/mol. The zero-order chi connectivity index (χ0) is 15.1. The van der Waals surface area contributed by atoms with Gasteiger partial charge < -0.3 is 18.9 Å². The maximum atomic E-state index is 12.5. The normalized spacial score (nSPS) is 26.4. The molecular weight excluding hydrogens is 284 g/mol. The molecule has 1 fully saturated rings. The van der Waals surface area contributed by atoms with Gasteiger partial charge >= 0.3 is 0 Å². The van der Waals surface area contributed by atoms with E-state index in [2.05, 4.69) is 0 Å². The molecule has 4 rings (SSSR count). The highest BCUT2D eigenvalue weighted by molar-refractivity contribution is 5.91. The molecule has 0 unspecified atom stereocenters. The van der Waals surface area contributed by atoms with Crippen LogP contribution in [0.2, 0.25) is 0 Å². The van der Waals surface area contributed by atoms with Crippen molar-refractivity contribution in [2.45, 2.75) is 18.9 Å². The first-order valence-electron chi connectivity index (χ1n) is 7.66. The summed E-state index contributed by atoms with van der Waals surface area (Å²) in [6.07, 6.45) is 2.44. The second-order valence-electron chi connectivity index (χ2n) is 6.11. The maximum Gasteiger partial charge on any atom is 0.292 e. The molecule has 1 amide bonds. The quantitative estimate of drug-likeness (QED) is 0.765. The van der Waals surface area contributed by atoms with E-state index in [-0.39, 0.29) is 23.1 Å². The largest absolute Gasteiger partial charge is 0.494 e. The predicted octanol–water partition coefficient (Wildman–Crippen LogP) is 0.682. The zero-order valence-electron chi connectivity index (χ0n) is 12.2. The van der Waals surface area contributed by atoms with Gasteiger partial charge in [0, 0.05) is 37.3 Å². The fraction of sp³-hybridized carbons (Fsp3) is 0.500. The average molecular weight is 302 g/mol. The Kier molecular flexibility index (Phi) is 3.17. The van der Waals surface area contributed by atoms with Gasteiger partial charge in [0.2, 0.25) is 5.76 Å². The summed E-state index contributed by atoms with van der Waals surface area (Å²) in [7, 11) is 0. The lowest BCUT2D eigenvalue weighted by atomic mass is 9.83. The molecule has 3 aliphatic heterocycles. The molecule has 22 heavy (non-hydrogen) atoms. The number of ether oxygens (including phenoxy) is 2. The Morgan fingerprint density at radius 3 is 2.91 bits per heavy atom. The number of carbonyl (C=O) groups excluding carboxylic acids is 1. The van der Waals surface area contributed by atoms with Crippen molar-refractivity contribution >= 4 is 5.91 Å². The van der Waals surface area contributed by atoms with E-state index >= 15 is 0 Å². The van der Waals surface area contributed by atoms with E-state index in [4.69, 9.17) is 9.47 Å². The number of rotatable bonds is 1. The van der Waals surface area contributed by atoms with Crippen molar-refractivity contribution < 1.29 is 14.3 Å².